The highest BCUT2D eigenvalue weighted by atomic mass is 32.2. The molecule has 0 unspecified atom stereocenters. The fourth-order valence-electron chi connectivity index (χ4n) is 3.19. The Hall–Kier alpha value is -3.07. The maximum Gasteiger partial charge on any atom is 0.410 e. The van der Waals surface area contributed by atoms with Crippen molar-refractivity contribution in [3.63, 3.8) is 0 Å². The number of amides is 2. The molecule has 1 fully saturated rings. The Kier molecular flexibility index (Phi) is 6.94. The van der Waals surface area contributed by atoms with Crippen LogP contribution in [0.15, 0.2) is 54.6 Å². The van der Waals surface area contributed by atoms with E-state index in [1.165, 1.54) is 0 Å². The van der Waals surface area contributed by atoms with Crippen LogP contribution in [0, 0.1) is 0 Å². The molecule has 9 heteroatoms. The van der Waals surface area contributed by atoms with E-state index in [9.17, 15) is 18.0 Å². The molecule has 2 amide bonds. The number of carbonyl (C=O) groups excluding carboxylic acids is 2. The van der Waals surface area contributed by atoms with Crippen molar-refractivity contribution in [2.45, 2.75) is 25.5 Å². The van der Waals surface area contributed by atoms with Crippen molar-refractivity contribution < 1.29 is 22.7 Å². The molecule has 8 nitrogen and oxygen atoms in total. The molecular weight excluding hydrogens is 406 g/mol. The summed E-state index contributed by atoms with van der Waals surface area (Å²) in [4.78, 5) is 26.3. The molecule has 2 aromatic rings. The van der Waals surface area contributed by atoms with Crippen LogP contribution in [0.3, 0.4) is 0 Å². The Morgan fingerprint density at radius 3 is 2.27 bits per heavy atom. The lowest BCUT2D eigenvalue weighted by atomic mass is 10.0. The lowest BCUT2D eigenvalue weighted by Gasteiger charge is -2.31. The number of piperidine rings is 1. The standard InChI is InChI=1S/C21H25N3O5S/c1-30(27,28)23-19-9-7-17(8-10-19)20(25)22-18-11-13-24(14-12-18)21(26)29-15-16-5-3-2-4-6-16/h2-10,18,23H,11-15H2,1H3,(H,22,25). The van der Waals surface area contributed by atoms with Gasteiger partial charge in [0.1, 0.15) is 6.61 Å². The topological polar surface area (TPSA) is 105 Å². The minimum atomic E-state index is -3.36. The molecule has 160 valence electrons. The molecule has 0 saturated carbocycles. The first-order valence-corrected chi connectivity index (χ1v) is 11.5. The maximum atomic E-state index is 12.4. The summed E-state index contributed by atoms with van der Waals surface area (Å²) in [5.41, 5.74) is 1.78. The van der Waals surface area contributed by atoms with Gasteiger partial charge in [0.2, 0.25) is 10.0 Å². The third-order valence-corrected chi connectivity index (χ3v) is 5.35. The predicted octanol–water partition coefficient (Wildman–Crippen LogP) is 2.59. The normalized spacial score (nSPS) is 14.8. The highest BCUT2D eigenvalue weighted by Gasteiger charge is 2.25. The summed E-state index contributed by atoms with van der Waals surface area (Å²) in [6, 6.07) is 15.7. The van der Waals surface area contributed by atoms with Crippen molar-refractivity contribution in [3.8, 4) is 0 Å². The van der Waals surface area contributed by atoms with E-state index in [1.807, 2.05) is 30.3 Å². The van der Waals surface area contributed by atoms with Gasteiger partial charge in [0.15, 0.2) is 0 Å². The van der Waals surface area contributed by atoms with Gasteiger partial charge in [-0.25, -0.2) is 13.2 Å². The first-order valence-electron chi connectivity index (χ1n) is 9.64. The smallest absolute Gasteiger partial charge is 0.410 e. The third kappa shape index (κ3) is 6.48. The van der Waals surface area contributed by atoms with Crippen LogP contribution in [0.2, 0.25) is 0 Å². The zero-order valence-corrected chi connectivity index (χ0v) is 17.5. The van der Waals surface area contributed by atoms with Crippen LogP contribution in [-0.2, 0) is 21.4 Å². The molecule has 0 bridgehead atoms. The molecule has 1 aliphatic rings. The van der Waals surface area contributed by atoms with Crippen LogP contribution < -0.4 is 10.0 Å². The number of anilines is 1. The second kappa shape index (κ2) is 9.62. The summed E-state index contributed by atoms with van der Waals surface area (Å²) in [5.74, 6) is -0.231. The van der Waals surface area contributed by atoms with E-state index in [2.05, 4.69) is 10.0 Å². The van der Waals surface area contributed by atoms with Crippen LogP contribution in [-0.4, -0.2) is 50.7 Å². The number of rotatable bonds is 6. The predicted molar refractivity (Wildman–Crippen MR) is 114 cm³/mol. The largest absolute Gasteiger partial charge is 0.445 e. The SMILES string of the molecule is CS(=O)(=O)Nc1ccc(C(=O)NC2CCN(C(=O)OCc3ccccc3)CC2)cc1. The number of carbonyl (C=O) groups is 2. The summed E-state index contributed by atoms with van der Waals surface area (Å²) in [6.45, 7) is 1.26. The number of likely N-dealkylation sites (tertiary alicyclic amines) is 1. The van der Waals surface area contributed by atoms with Crippen LogP contribution in [0.1, 0.15) is 28.8 Å². The number of ether oxygens (including phenoxy) is 1. The maximum absolute atomic E-state index is 12.4. The van der Waals surface area contributed by atoms with Crippen LogP contribution in [0.25, 0.3) is 0 Å². The van der Waals surface area contributed by atoms with Crippen molar-refractivity contribution in [1.29, 1.82) is 0 Å². The first kappa shape index (κ1) is 21.6. The van der Waals surface area contributed by atoms with E-state index < -0.39 is 10.0 Å². The van der Waals surface area contributed by atoms with Gasteiger partial charge in [0.25, 0.3) is 5.91 Å². The zero-order valence-electron chi connectivity index (χ0n) is 16.7. The number of benzene rings is 2. The Bertz CT molecular complexity index is 969. The summed E-state index contributed by atoms with van der Waals surface area (Å²) >= 11 is 0. The third-order valence-electron chi connectivity index (χ3n) is 4.74. The molecule has 2 N–H and O–H groups in total. The Balaban J connectivity index is 1.43. The molecule has 1 aliphatic heterocycles. The zero-order chi connectivity index (χ0) is 21.6. The molecule has 3 rings (SSSR count). The summed E-state index contributed by atoms with van der Waals surface area (Å²) < 4.78 is 30.2. The molecule has 0 aliphatic carbocycles. The quantitative estimate of drug-likeness (QED) is 0.732. The van der Waals surface area contributed by atoms with E-state index in [-0.39, 0.29) is 24.6 Å². The van der Waals surface area contributed by atoms with Crippen molar-refractivity contribution >= 4 is 27.7 Å². The van der Waals surface area contributed by atoms with E-state index in [4.69, 9.17) is 4.74 Å². The molecule has 0 aromatic heterocycles. The van der Waals surface area contributed by atoms with Crippen molar-refractivity contribution in [2.24, 2.45) is 0 Å². The lowest BCUT2D eigenvalue weighted by Crippen LogP contribution is -2.46. The Morgan fingerprint density at radius 1 is 1.03 bits per heavy atom. The van der Waals surface area contributed by atoms with E-state index >= 15 is 0 Å². The van der Waals surface area contributed by atoms with E-state index in [1.54, 1.807) is 29.2 Å². The highest BCUT2D eigenvalue weighted by molar-refractivity contribution is 7.92. The monoisotopic (exact) mass is 431 g/mol. The van der Waals surface area contributed by atoms with Crippen LogP contribution >= 0.6 is 0 Å². The molecule has 30 heavy (non-hydrogen) atoms. The van der Waals surface area contributed by atoms with Crippen molar-refractivity contribution in [2.75, 3.05) is 24.1 Å². The van der Waals surface area contributed by atoms with E-state index in [0.717, 1.165) is 11.8 Å². The van der Waals surface area contributed by atoms with Gasteiger partial charge >= 0.3 is 6.09 Å². The van der Waals surface area contributed by atoms with Gasteiger partial charge in [-0.15, -0.1) is 0 Å². The highest BCUT2D eigenvalue weighted by Crippen LogP contribution is 2.15. The number of hydrogen-bond donors (Lipinski definition) is 2. The average Bonchev–Trinajstić information content (AvgIpc) is 2.72. The minimum absolute atomic E-state index is 0.0375. The van der Waals surface area contributed by atoms with Crippen molar-refractivity contribution in [1.82, 2.24) is 10.2 Å². The second-order valence-electron chi connectivity index (χ2n) is 7.23. The number of sulfonamides is 1. The molecule has 1 heterocycles. The van der Waals surface area contributed by atoms with Gasteiger partial charge in [-0.1, -0.05) is 30.3 Å². The first-order chi connectivity index (χ1) is 14.3. The average molecular weight is 432 g/mol. The molecule has 1 saturated heterocycles. The summed E-state index contributed by atoms with van der Waals surface area (Å²) in [5, 5.41) is 2.96. The summed E-state index contributed by atoms with van der Waals surface area (Å²) in [7, 11) is -3.36. The second-order valence-corrected chi connectivity index (χ2v) is 8.97. The van der Waals surface area contributed by atoms with E-state index in [0.29, 0.717) is 37.2 Å². The van der Waals surface area contributed by atoms with Gasteiger partial charge in [-0.2, -0.15) is 0 Å². The number of nitrogens with zero attached hydrogens (tertiary/aromatic N) is 1. The minimum Gasteiger partial charge on any atom is -0.445 e. The Morgan fingerprint density at radius 2 is 1.67 bits per heavy atom. The molecule has 0 spiro atoms. The fourth-order valence-corrected chi connectivity index (χ4v) is 3.75. The van der Waals surface area contributed by atoms with Gasteiger partial charge in [0, 0.05) is 30.4 Å². The van der Waals surface area contributed by atoms with Crippen molar-refractivity contribution in [3.05, 3.63) is 65.7 Å². The molecule has 0 atom stereocenters. The van der Waals surface area contributed by atoms with Gasteiger partial charge in [-0.05, 0) is 42.7 Å². The lowest BCUT2D eigenvalue weighted by molar-refractivity contribution is 0.0809. The molecular formula is C21H25N3O5S. The fraction of sp³-hybridized carbons (Fsp3) is 0.333. The summed E-state index contributed by atoms with van der Waals surface area (Å²) in [6.07, 6.45) is 2.00. The van der Waals surface area contributed by atoms with Gasteiger partial charge in [-0.3, -0.25) is 9.52 Å². The van der Waals surface area contributed by atoms with Crippen LogP contribution in [0.5, 0.6) is 0 Å². The van der Waals surface area contributed by atoms with Gasteiger partial charge < -0.3 is 15.0 Å². The van der Waals surface area contributed by atoms with Gasteiger partial charge in [0.05, 0.1) is 6.26 Å². The van der Waals surface area contributed by atoms with Crippen LogP contribution in [0.4, 0.5) is 10.5 Å². The number of hydrogen-bond acceptors (Lipinski definition) is 5. The number of nitrogens with one attached hydrogen (secondary N) is 2. The Labute approximate surface area is 176 Å². The molecule has 0 radical (unpaired) electrons. The molecule has 2 aromatic carbocycles.